The molecule has 5 nitrogen and oxygen atoms in total. The average Bonchev–Trinajstić information content (AvgIpc) is 2.11. The molecule has 1 rings (SSSR count). The van der Waals surface area contributed by atoms with Gasteiger partial charge in [-0.1, -0.05) is 0 Å². The number of benzene rings is 1. The number of aryl methyl sites for hydroxylation is 1. The maximum Gasteiger partial charge on any atom is 0.308 e. The van der Waals surface area contributed by atoms with Crippen molar-refractivity contribution in [3.63, 3.8) is 0 Å². The van der Waals surface area contributed by atoms with Gasteiger partial charge in [0.1, 0.15) is 0 Å². The average molecular weight is 223 g/mol. The van der Waals surface area contributed by atoms with Crippen molar-refractivity contribution in [3.8, 4) is 11.5 Å². The Morgan fingerprint density at radius 2 is 1.94 bits per heavy atom. The van der Waals surface area contributed by atoms with E-state index in [0.29, 0.717) is 11.3 Å². The molecule has 0 saturated heterocycles. The number of hydrogen-bond acceptors (Lipinski definition) is 4. The molecule has 1 aromatic carbocycles. The summed E-state index contributed by atoms with van der Waals surface area (Å²) in [5.41, 5.74) is 0.988. The van der Waals surface area contributed by atoms with Crippen LogP contribution < -0.4 is 10.1 Å². The predicted molar refractivity (Wildman–Crippen MR) is 58.5 cm³/mol. The SMILES string of the molecule is CC(=O)Nc1cc(C)c(O)c(OC(C)=O)c1. The molecule has 0 radical (unpaired) electrons. The van der Waals surface area contributed by atoms with E-state index in [-0.39, 0.29) is 17.4 Å². The van der Waals surface area contributed by atoms with Crippen LogP contribution in [0.3, 0.4) is 0 Å². The molecule has 2 N–H and O–H groups in total. The minimum Gasteiger partial charge on any atom is -0.504 e. The highest BCUT2D eigenvalue weighted by Crippen LogP contribution is 2.33. The van der Waals surface area contributed by atoms with E-state index in [1.807, 2.05) is 0 Å². The summed E-state index contributed by atoms with van der Waals surface area (Å²) in [6.07, 6.45) is 0. The highest BCUT2D eigenvalue weighted by molar-refractivity contribution is 5.89. The Labute approximate surface area is 93.0 Å². The molecule has 0 aliphatic carbocycles. The van der Waals surface area contributed by atoms with Gasteiger partial charge in [-0.05, 0) is 18.6 Å². The van der Waals surface area contributed by atoms with Crippen LogP contribution in [0.4, 0.5) is 5.69 Å². The number of phenols is 1. The van der Waals surface area contributed by atoms with Gasteiger partial charge in [0.25, 0.3) is 0 Å². The van der Waals surface area contributed by atoms with Gasteiger partial charge in [-0.15, -0.1) is 0 Å². The Morgan fingerprint density at radius 1 is 1.31 bits per heavy atom. The largest absolute Gasteiger partial charge is 0.504 e. The zero-order chi connectivity index (χ0) is 12.3. The zero-order valence-corrected chi connectivity index (χ0v) is 9.33. The Hall–Kier alpha value is -2.04. The van der Waals surface area contributed by atoms with Crippen molar-refractivity contribution >= 4 is 17.6 Å². The fourth-order valence-electron chi connectivity index (χ4n) is 1.26. The van der Waals surface area contributed by atoms with Gasteiger partial charge >= 0.3 is 5.97 Å². The molecule has 5 heteroatoms. The van der Waals surface area contributed by atoms with E-state index in [0.717, 1.165) is 0 Å². The molecule has 0 spiro atoms. The summed E-state index contributed by atoms with van der Waals surface area (Å²) in [5.74, 6) is -0.839. The third-order valence-electron chi connectivity index (χ3n) is 1.84. The fraction of sp³-hybridized carbons (Fsp3) is 0.273. The molecule has 86 valence electrons. The van der Waals surface area contributed by atoms with Gasteiger partial charge in [-0.25, -0.2) is 0 Å². The first kappa shape index (κ1) is 12.0. The molecule has 16 heavy (non-hydrogen) atoms. The van der Waals surface area contributed by atoms with Crippen molar-refractivity contribution in [1.29, 1.82) is 0 Å². The summed E-state index contributed by atoms with van der Waals surface area (Å²) in [6, 6.07) is 2.98. The van der Waals surface area contributed by atoms with Gasteiger partial charge in [0, 0.05) is 25.6 Å². The first-order valence-electron chi connectivity index (χ1n) is 4.69. The number of hydrogen-bond donors (Lipinski definition) is 2. The van der Waals surface area contributed by atoms with Gasteiger partial charge in [0.2, 0.25) is 5.91 Å². The predicted octanol–water partition coefficient (Wildman–Crippen LogP) is 1.58. The summed E-state index contributed by atoms with van der Waals surface area (Å²) in [5, 5.41) is 12.2. The van der Waals surface area contributed by atoms with E-state index in [1.54, 1.807) is 13.0 Å². The molecule has 0 heterocycles. The number of carbonyl (C=O) groups is 2. The van der Waals surface area contributed by atoms with Crippen molar-refractivity contribution in [2.24, 2.45) is 0 Å². The van der Waals surface area contributed by atoms with Crippen LogP contribution in [0, 0.1) is 6.92 Å². The lowest BCUT2D eigenvalue weighted by atomic mass is 10.2. The fourth-order valence-corrected chi connectivity index (χ4v) is 1.26. The second-order valence-electron chi connectivity index (χ2n) is 3.41. The zero-order valence-electron chi connectivity index (χ0n) is 9.33. The van der Waals surface area contributed by atoms with E-state index < -0.39 is 5.97 Å². The molecule has 1 aromatic rings. The number of phenolic OH excluding ortho intramolecular Hbond substituents is 1. The van der Waals surface area contributed by atoms with Crippen molar-refractivity contribution < 1.29 is 19.4 Å². The van der Waals surface area contributed by atoms with E-state index >= 15 is 0 Å². The van der Waals surface area contributed by atoms with Crippen molar-refractivity contribution in [2.75, 3.05) is 5.32 Å². The molecule has 0 atom stereocenters. The number of ether oxygens (including phenoxy) is 1. The molecule has 0 fully saturated rings. The van der Waals surface area contributed by atoms with Gasteiger partial charge in [0.05, 0.1) is 0 Å². The monoisotopic (exact) mass is 223 g/mol. The lowest BCUT2D eigenvalue weighted by Gasteiger charge is -2.10. The Bertz CT molecular complexity index is 440. The van der Waals surface area contributed by atoms with Crippen molar-refractivity contribution in [2.45, 2.75) is 20.8 Å². The van der Waals surface area contributed by atoms with E-state index in [1.165, 1.54) is 19.9 Å². The van der Waals surface area contributed by atoms with Crippen molar-refractivity contribution in [1.82, 2.24) is 0 Å². The smallest absolute Gasteiger partial charge is 0.308 e. The number of carbonyl (C=O) groups excluding carboxylic acids is 2. The molecule has 0 aliphatic heterocycles. The van der Waals surface area contributed by atoms with Crippen LogP contribution in [0.15, 0.2) is 12.1 Å². The summed E-state index contributed by atoms with van der Waals surface area (Å²) >= 11 is 0. The molecular weight excluding hydrogens is 210 g/mol. The lowest BCUT2D eigenvalue weighted by molar-refractivity contribution is -0.132. The van der Waals surface area contributed by atoms with Crippen LogP contribution in [0.1, 0.15) is 19.4 Å². The first-order chi connectivity index (χ1) is 7.40. The first-order valence-corrected chi connectivity index (χ1v) is 4.69. The van der Waals surface area contributed by atoms with Crippen LogP contribution >= 0.6 is 0 Å². The van der Waals surface area contributed by atoms with E-state index in [2.05, 4.69) is 5.32 Å². The van der Waals surface area contributed by atoms with Crippen LogP contribution in [0.2, 0.25) is 0 Å². The van der Waals surface area contributed by atoms with E-state index in [4.69, 9.17) is 4.74 Å². The highest BCUT2D eigenvalue weighted by atomic mass is 16.5. The number of rotatable bonds is 2. The van der Waals surface area contributed by atoms with Gasteiger partial charge in [-0.2, -0.15) is 0 Å². The summed E-state index contributed by atoms with van der Waals surface area (Å²) in [6.45, 7) is 4.25. The molecule has 0 bridgehead atoms. The second-order valence-corrected chi connectivity index (χ2v) is 3.41. The van der Waals surface area contributed by atoms with Crippen LogP contribution in [-0.4, -0.2) is 17.0 Å². The lowest BCUT2D eigenvalue weighted by Crippen LogP contribution is -2.07. The third-order valence-corrected chi connectivity index (χ3v) is 1.84. The molecule has 0 saturated carbocycles. The van der Waals surface area contributed by atoms with Crippen LogP contribution in [-0.2, 0) is 9.59 Å². The van der Waals surface area contributed by atoms with Gasteiger partial charge in [0.15, 0.2) is 11.5 Å². The van der Waals surface area contributed by atoms with Gasteiger partial charge in [-0.3, -0.25) is 9.59 Å². The summed E-state index contributed by atoms with van der Waals surface area (Å²) < 4.78 is 4.81. The summed E-state index contributed by atoms with van der Waals surface area (Å²) in [4.78, 5) is 21.7. The Balaban J connectivity index is 3.11. The van der Waals surface area contributed by atoms with Crippen molar-refractivity contribution in [3.05, 3.63) is 17.7 Å². The number of amides is 1. The molecule has 0 aromatic heterocycles. The Kier molecular flexibility index (Phi) is 3.50. The molecular formula is C11H13NO4. The van der Waals surface area contributed by atoms with Gasteiger partial charge < -0.3 is 15.2 Å². The minimum atomic E-state index is -0.533. The molecule has 0 aliphatic rings. The molecule has 0 unspecified atom stereocenters. The topological polar surface area (TPSA) is 75.6 Å². The van der Waals surface area contributed by atoms with Crippen LogP contribution in [0.25, 0.3) is 0 Å². The number of anilines is 1. The molecule has 1 amide bonds. The highest BCUT2D eigenvalue weighted by Gasteiger charge is 2.10. The van der Waals surface area contributed by atoms with E-state index in [9.17, 15) is 14.7 Å². The maximum absolute atomic E-state index is 10.9. The number of esters is 1. The minimum absolute atomic E-state index is 0.0382. The third kappa shape index (κ3) is 2.98. The Morgan fingerprint density at radius 3 is 2.44 bits per heavy atom. The quantitative estimate of drug-likeness (QED) is 0.453. The second kappa shape index (κ2) is 4.65. The van der Waals surface area contributed by atoms with Crippen LogP contribution in [0.5, 0.6) is 11.5 Å². The maximum atomic E-state index is 10.9. The normalized spacial score (nSPS) is 9.69. The number of aromatic hydroxyl groups is 1. The number of nitrogens with one attached hydrogen (secondary N) is 1. The standard InChI is InChI=1S/C11H13NO4/c1-6-4-9(12-7(2)13)5-10(11(6)15)16-8(3)14/h4-5,15H,1-3H3,(H,12,13). The summed E-state index contributed by atoms with van der Waals surface area (Å²) in [7, 11) is 0.